The maximum absolute atomic E-state index is 12.5. The van der Waals surface area contributed by atoms with E-state index in [0.717, 1.165) is 5.56 Å². The van der Waals surface area contributed by atoms with E-state index in [0.29, 0.717) is 5.88 Å². The van der Waals surface area contributed by atoms with Gasteiger partial charge in [0.05, 0.1) is 11.4 Å². The van der Waals surface area contributed by atoms with Gasteiger partial charge in [-0.25, -0.2) is 8.42 Å². The minimum Gasteiger partial charge on any atom is -0.207 e. The molecule has 108 valence electrons. The van der Waals surface area contributed by atoms with Crippen LogP contribution in [0.15, 0.2) is 41.3 Å². The number of aryl methyl sites for hydroxylation is 1. The van der Waals surface area contributed by atoms with E-state index < -0.39 is 10.0 Å². The first kappa shape index (κ1) is 16.8. The lowest BCUT2D eigenvalue weighted by Crippen LogP contribution is -2.31. The fraction of sp³-hybridized carbons (Fsp3) is 0.333. The van der Waals surface area contributed by atoms with Crippen molar-refractivity contribution in [3.63, 3.8) is 0 Å². The van der Waals surface area contributed by atoms with Gasteiger partial charge in [0.15, 0.2) is 0 Å². The van der Waals surface area contributed by atoms with E-state index in [1.165, 1.54) is 4.31 Å². The first-order valence-electron chi connectivity index (χ1n) is 6.19. The van der Waals surface area contributed by atoms with Gasteiger partial charge < -0.3 is 0 Å². The molecule has 0 atom stereocenters. The molecule has 5 heteroatoms. The molecule has 0 saturated carbocycles. The molecule has 0 N–H and O–H groups in total. The highest BCUT2D eigenvalue weighted by atomic mass is 35.5. The molecule has 0 bridgehead atoms. The van der Waals surface area contributed by atoms with Crippen LogP contribution in [0.3, 0.4) is 0 Å². The van der Waals surface area contributed by atoms with Crippen LogP contribution in [0, 0.1) is 18.8 Å². The highest BCUT2D eigenvalue weighted by Crippen LogP contribution is 2.16. The molecule has 0 fully saturated rings. The van der Waals surface area contributed by atoms with E-state index in [1.54, 1.807) is 43.3 Å². The maximum Gasteiger partial charge on any atom is 0.244 e. The van der Waals surface area contributed by atoms with Gasteiger partial charge in [0.25, 0.3) is 0 Å². The molecule has 0 unspecified atom stereocenters. The molecule has 3 nitrogen and oxygen atoms in total. The van der Waals surface area contributed by atoms with E-state index >= 15 is 0 Å². The SMILES string of the molecule is CC#CCN(C/C=C/CCl)S(=O)(=O)c1ccc(C)cc1. The summed E-state index contributed by atoms with van der Waals surface area (Å²) in [5.74, 6) is 5.87. The third kappa shape index (κ3) is 4.68. The summed E-state index contributed by atoms with van der Waals surface area (Å²) in [5, 5.41) is 0. The second kappa shape index (κ2) is 8.11. The Hall–Kier alpha value is -1.28. The number of benzene rings is 1. The molecule has 0 spiro atoms. The van der Waals surface area contributed by atoms with Gasteiger partial charge in [-0.05, 0) is 26.0 Å². The molecule has 0 radical (unpaired) electrons. The first-order valence-corrected chi connectivity index (χ1v) is 8.17. The number of nitrogens with zero attached hydrogens (tertiary/aromatic N) is 1. The van der Waals surface area contributed by atoms with Gasteiger partial charge in [0, 0.05) is 12.4 Å². The molecule has 1 rings (SSSR count). The Morgan fingerprint density at radius 2 is 1.90 bits per heavy atom. The molecule has 0 amide bonds. The number of sulfonamides is 1. The second-order valence-electron chi connectivity index (χ2n) is 4.16. The lowest BCUT2D eigenvalue weighted by molar-refractivity contribution is 0.478. The topological polar surface area (TPSA) is 37.4 Å². The van der Waals surface area contributed by atoms with E-state index in [1.807, 2.05) is 6.92 Å². The average molecular weight is 312 g/mol. The number of halogens is 1. The van der Waals surface area contributed by atoms with E-state index in [4.69, 9.17) is 11.6 Å². The summed E-state index contributed by atoms with van der Waals surface area (Å²) in [7, 11) is -3.53. The standard InChI is InChI=1S/C15H18ClNO2S/c1-3-4-12-17(13-6-5-11-16)20(18,19)15-9-7-14(2)8-10-15/h5-10H,11-13H2,1-2H3/b6-5+. The Labute approximate surface area is 126 Å². The summed E-state index contributed by atoms with van der Waals surface area (Å²) in [4.78, 5) is 0.278. The van der Waals surface area contributed by atoms with Crippen molar-refractivity contribution in [1.29, 1.82) is 0 Å². The van der Waals surface area contributed by atoms with Gasteiger partial charge >= 0.3 is 0 Å². The zero-order valence-electron chi connectivity index (χ0n) is 11.6. The number of alkyl halides is 1. The summed E-state index contributed by atoms with van der Waals surface area (Å²) in [6.45, 7) is 4.03. The molecule has 0 aliphatic carbocycles. The summed E-state index contributed by atoms with van der Waals surface area (Å²) in [6, 6.07) is 6.79. The Morgan fingerprint density at radius 3 is 2.45 bits per heavy atom. The fourth-order valence-electron chi connectivity index (χ4n) is 1.53. The zero-order chi connectivity index (χ0) is 15.0. The predicted octanol–water partition coefficient (Wildman–Crippen LogP) is 2.80. The van der Waals surface area contributed by atoms with Gasteiger partial charge in [0.1, 0.15) is 0 Å². The maximum atomic E-state index is 12.5. The smallest absolute Gasteiger partial charge is 0.207 e. The number of allylic oxidation sites excluding steroid dienone is 1. The molecular formula is C15H18ClNO2S. The molecule has 0 heterocycles. The van der Waals surface area contributed by atoms with Crippen LogP contribution in [-0.4, -0.2) is 31.7 Å². The normalized spacial score (nSPS) is 11.6. The van der Waals surface area contributed by atoms with E-state index in [-0.39, 0.29) is 18.0 Å². The second-order valence-corrected chi connectivity index (χ2v) is 6.41. The van der Waals surface area contributed by atoms with Crippen LogP contribution in [0.1, 0.15) is 12.5 Å². The third-order valence-electron chi connectivity index (χ3n) is 2.66. The summed E-state index contributed by atoms with van der Waals surface area (Å²) in [5.41, 5.74) is 1.02. The highest BCUT2D eigenvalue weighted by Gasteiger charge is 2.22. The summed E-state index contributed by atoms with van der Waals surface area (Å²) >= 11 is 5.56. The van der Waals surface area contributed by atoms with Crippen LogP contribution in [0.25, 0.3) is 0 Å². The van der Waals surface area contributed by atoms with E-state index in [9.17, 15) is 8.42 Å². The van der Waals surface area contributed by atoms with Crippen molar-refractivity contribution in [2.45, 2.75) is 18.7 Å². The van der Waals surface area contributed by atoms with Crippen molar-refractivity contribution in [3.05, 3.63) is 42.0 Å². The summed E-state index contributed by atoms with van der Waals surface area (Å²) < 4.78 is 26.4. The van der Waals surface area contributed by atoms with Gasteiger partial charge in [-0.3, -0.25) is 0 Å². The molecule has 0 aliphatic heterocycles. The molecule has 1 aromatic rings. The van der Waals surface area contributed by atoms with Crippen molar-refractivity contribution in [2.24, 2.45) is 0 Å². The van der Waals surface area contributed by atoms with Crippen molar-refractivity contribution in [2.75, 3.05) is 19.0 Å². The van der Waals surface area contributed by atoms with Crippen LogP contribution in [0.5, 0.6) is 0 Å². The molecule has 0 aromatic heterocycles. The molecule has 1 aromatic carbocycles. The lowest BCUT2D eigenvalue weighted by Gasteiger charge is -2.18. The van der Waals surface area contributed by atoms with Gasteiger partial charge in [0.2, 0.25) is 10.0 Å². The van der Waals surface area contributed by atoms with Crippen LogP contribution in [-0.2, 0) is 10.0 Å². The molecule has 0 aliphatic rings. The Morgan fingerprint density at radius 1 is 1.25 bits per heavy atom. The Balaban J connectivity index is 3.05. The monoisotopic (exact) mass is 311 g/mol. The van der Waals surface area contributed by atoms with Gasteiger partial charge in [-0.2, -0.15) is 4.31 Å². The van der Waals surface area contributed by atoms with Crippen molar-refractivity contribution >= 4 is 21.6 Å². The van der Waals surface area contributed by atoms with Crippen molar-refractivity contribution in [1.82, 2.24) is 4.31 Å². The van der Waals surface area contributed by atoms with Crippen LogP contribution >= 0.6 is 11.6 Å². The van der Waals surface area contributed by atoms with Gasteiger partial charge in [-0.15, -0.1) is 17.5 Å². The quantitative estimate of drug-likeness (QED) is 0.460. The Bertz CT molecular complexity index is 610. The predicted molar refractivity (Wildman–Crippen MR) is 83.2 cm³/mol. The number of hydrogen-bond donors (Lipinski definition) is 0. The lowest BCUT2D eigenvalue weighted by atomic mass is 10.2. The van der Waals surface area contributed by atoms with Gasteiger partial charge in [-0.1, -0.05) is 35.8 Å². The molecular weight excluding hydrogens is 294 g/mol. The minimum atomic E-state index is -3.53. The average Bonchev–Trinajstić information content (AvgIpc) is 2.43. The minimum absolute atomic E-state index is 0.166. The van der Waals surface area contributed by atoms with Crippen molar-refractivity contribution < 1.29 is 8.42 Å². The number of rotatable bonds is 6. The largest absolute Gasteiger partial charge is 0.244 e. The summed E-state index contributed by atoms with van der Waals surface area (Å²) in [6.07, 6.45) is 3.45. The van der Waals surface area contributed by atoms with Crippen LogP contribution < -0.4 is 0 Å². The zero-order valence-corrected chi connectivity index (χ0v) is 13.2. The molecule has 20 heavy (non-hydrogen) atoms. The first-order chi connectivity index (χ1) is 9.52. The Kier molecular flexibility index (Phi) is 6.80. The van der Waals surface area contributed by atoms with Crippen LogP contribution in [0.4, 0.5) is 0 Å². The van der Waals surface area contributed by atoms with Crippen LogP contribution in [0.2, 0.25) is 0 Å². The van der Waals surface area contributed by atoms with Crippen molar-refractivity contribution in [3.8, 4) is 11.8 Å². The third-order valence-corrected chi connectivity index (χ3v) is 4.66. The number of hydrogen-bond acceptors (Lipinski definition) is 2. The van der Waals surface area contributed by atoms with E-state index in [2.05, 4.69) is 11.8 Å². The fourth-order valence-corrected chi connectivity index (χ4v) is 2.95. The molecule has 0 saturated heterocycles. The highest BCUT2D eigenvalue weighted by molar-refractivity contribution is 7.89.